The maximum absolute atomic E-state index is 10.1. The molecule has 0 N–H and O–H groups in total. The lowest BCUT2D eigenvalue weighted by molar-refractivity contribution is -0.135. The summed E-state index contributed by atoms with van der Waals surface area (Å²) in [4.78, 5) is 10.1. The largest absolute Gasteiger partial charge is 0.443 e. The van der Waals surface area contributed by atoms with Gasteiger partial charge in [-0.15, -0.1) is 0 Å². The average Bonchev–Trinajstić information content (AvgIpc) is 1.87. The third kappa shape index (κ3) is 1.03. The van der Waals surface area contributed by atoms with Gasteiger partial charge in [-0.05, 0) is 22.0 Å². The molecule has 7 heavy (non-hydrogen) atoms. The van der Waals surface area contributed by atoms with Crippen molar-refractivity contribution in [3.05, 3.63) is 12.2 Å². The summed E-state index contributed by atoms with van der Waals surface area (Å²) in [6, 6.07) is 0. The molecule has 0 aromatic carbocycles. The van der Waals surface area contributed by atoms with E-state index in [1.54, 1.807) is 6.08 Å². The Morgan fingerprint density at radius 3 is 2.71 bits per heavy atom. The highest BCUT2D eigenvalue weighted by Crippen LogP contribution is 2.09. The van der Waals surface area contributed by atoms with Gasteiger partial charge in [-0.25, -0.2) is 4.79 Å². The van der Waals surface area contributed by atoms with Gasteiger partial charge in [0.2, 0.25) is 0 Å². The monoisotopic (exact) mass is 162 g/mol. The van der Waals surface area contributed by atoms with E-state index in [0.717, 1.165) is 0 Å². The van der Waals surface area contributed by atoms with Crippen molar-refractivity contribution in [2.24, 2.45) is 0 Å². The van der Waals surface area contributed by atoms with Crippen LogP contribution in [0.2, 0.25) is 0 Å². The van der Waals surface area contributed by atoms with Gasteiger partial charge in [0.1, 0.15) is 0 Å². The lowest BCUT2D eigenvalue weighted by Crippen LogP contribution is -1.96. The van der Waals surface area contributed by atoms with Gasteiger partial charge in [-0.2, -0.15) is 0 Å². The van der Waals surface area contributed by atoms with Crippen LogP contribution in [0, 0.1) is 0 Å². The fourth-order valence-electron chi connectivity index (χ4n) is 0.344. The Morgan fingerprint density at radius 1 is 1.86 bits per heavy atom. The second-order valence-corrected chi connectivity index (χ2v) is 2.05. The van der Waals surface area contributed by atoms with Gasteiger partial charge in [0.25, 0.3) is 0 Å². The van der Waals surface area contributed by atoms with Gasteiger partial charge in [-0.3, -0.25) is 0 Å². The summed E-state index contributed by atoms with van der Waals surface area (Å²) in [5.41, 5.74) is 0. The minimum Gasteiger partial charge on any atom is -0.443 e. The molecule has 1 heterocycles. The fraction of sp³-hybridized carbons (Fsp3) is 0.250. The quantitative estimate of drug-likeness (QED) is 0.390. The summed E-state index contributed by atoms with van der Waals surface area (Å²) in [6.07, 6.45) is 3.03. The van der Waals surface area contributed by atoms with E-state index in [9.17, 15) is 4.79 Å². The van der Waals surface area contributed by atoms with E-state index in [0.29, 0.717) is 0 Å². The third-order valence-electron chi connectivity index (χ3n) is 0.612. The Balaban J connectivity index is 2.58. The summed E-state index contributed by atoms with van der Waals surface area (Å²) < 4.78 is 4.53. The molecule has 38 valence electrons. The number of carbonyl (C=O) groups is 1. The fourth-order valence-corrected chi connectivity index (χ4v) is 0.681. The molecular formula is C4H3BrO2. The number of cyclic esters (lactones) is 1. The molecule has 0 aromatic rings. The van der Waals surface area contributed by atoms with Crippen LogP contribution in [0.3, 0.4) is 0 Å². The lowest BCUT2D eigenvalue weighted by atomic mass is 10.6. The Morgan fingerprint density at radius 2 is 2.57 bits per heavy atom. The van der Waals surface area contributed by atoms with Gasteiger partial charge in [-0.1, -0.05) is 0 Å². The van der Waals surface area contributed by atoms with E-state index in [1.165, 1.54) is 6.08 Å². The minimum atomic E-state index is -0.276. The molecule has 2 nitrogen and oxygen atoms in total. The first-order valence-corrected chi connectivity index (χ1v) is 2.73. The molecule has 0 radical (unpaired) electrons. The Kier molecular flexibility index (Phi) is 1.15. The Labute approximate surface area is 49.3 Å². The van der Waals surface area contributed by atoms with E-state index < -0.39 is 0 Å². The van der Waals surface area contributed by atoms with Gasteiger partial charge in [0, 0.05) is 6.08 Å². The van der Waals surface area contributed by atoms with E-state index in [-0.39, 0.29) is 11.0 Å². The van der Waals surface area contributed by atoms with E-state index in [1.807, 2.05) is 0 Å². The highest BCUT2D eigenvalue weighted by Gasteiger charge is 2.10. The average molecular weight is 163 g/mol. The van der Waals surface area contributed by atoms with E-state index >= 15 is 0 Å². The first kappa shape index (κ1) is 4.84. The molecule has 0 bridgehead atoms. The van der Waals surface area contributed by atoms with Gasteiger partial charge in [0.05, 0.1) is 0 Å². The predicted octanol–water partition coefficient (Wildman–Crippen LogP) is 0.820. The van der Waals surface area contributed by atoms with E-state index in [4.69, 9.17) is 0 Å². The van der Waals surface area contributed by atoms with E-state index in [2.05, 4.69) is 20.7 Å². The van der Waals surface area contributed by atoms with Gasteiger partial charge < -0.3 is 4.74 Å². The second kappa shape index (κ2) is 1.66. The van der Waals surface area contributed by atoms with Crippen LogP contribution in [-0.2, 0) is 9.53 Å². The number of alkyl halides is 1. The lowest BCUT2D eigenvalue weighted by Gasteiger charge is -1.93. The molecule has 0 aromatic heterocycles. The third-order valence-corrected chi connectivity index (χ3v) is 1.10. The smallest absolute Gasteiger partial charge is 0.332 e. The molecule has 0 saturated carbocycles. The standard InChI is InChI=1S/C4H3BrO2/c5-3-1-2-4(6)7-3/h1-3H/t3-/m1/s1. The van der Waals surface area contributed by atoms with Gasteiger partial charge in [0.15, 0.2) is 5.01 Å². The number of hydrogen-bond donors (Lipinski definition) is 0. The molecule has 0 unspecified atom stereocenters. The van der Waals surface area contributed by atoms with Crippen LogP contribution in [0.25, 0.3) is 0 Å². The molecule has 1 aliphatic rings. The molecule has 1 atom stereocenters. The second-order valence-electron chi connectivity index (χ2n) is 1.15. The minimum absolute atomic E-state index is 0.194. The number of ether oxygens (including phenoxy) is 1. The molecular weight excluding hydrogens is 160 g/mol. The van der Waals surface area contributed by atoms with Crippen LogP contribution in [-0.4, -0.2) is 11.0 Å². The van der Waals surface area contributed by atoms with Gasteiger partial charge >= 0.3 is 5.97 Å². The SMILES string of the molecule is O=C1C=C[C@H](Br)O1. The van der Waals surface area contributed by atoms with Crippen molar-refractivity contribution in [3.63, 3.8) is 0 Å². The number of carbonyl (C=O) groups excluding carboxylic acids is 1. The maximum atomic E-state index is 10.1. The number of rotatable bonds is 0. The molecule has 0 spiro atoms. The molecule has 3 heteroatoms. The molecule has 0 aliphatic carbocycles. The summed E-state index contributed by atoms with van der Waals surface area (Å²) in [7, 11) is 0. The van der Waals surface area contributed by atoms with Crippen molar-refractivity contribution < 1.29 is 9.53 Å². The van der Waals surface area contributed by atoms with Crippen molar-refractivity contribution in [3.8, 4) is 0 Å². The zero-order valence-electron chi connectivity index (χ0n) is 3.43. The zero-order chi connectivity index (χ0) is 5.28. The number of esters is 1. The molecule has 0 fully saturated rings. The highest BCUT2D eigenvalue weighted by atomic mass is 79.9. The van der Waals surface area contributed by atoms with Crippen LogP contribution >= 0.6 is 15.9 Å². The molecule has 1 aliphatic heterocycles. The predicted molar refractivity (Wildman–Crippen MR) is 27.9 cm³/mol. The molecule has 0 saturated heterocycles. The van der Waals surface area contributed by atoms with Crippen LogP contribution in [0.5, 0.6) is 0 Å². The first-order chi connectivity index (χ1) is 3.29. The van der Waals surface area contributed by atoms with Crippen molar-refractivity contribution in [1.82, 2.24) is 0 Å². The van der Waals surface area contributed by atoms with Crippen LogP contribution in [0.1, 0.15) is 0 Å². The Hall–Kier alpha value is -0.310. The first-order valence-electron chi connectivity index (χ1n) is 1.82. The topological polar surface area (TPSA) is 26.3 Å². The normalized spacial score (nSPS) is 28.1. The zero-order valence-corrected chi connectivity index (χ0v) is 5.01. The van der Waals surface area contributed by atoms with Crippen LogP contribution in [0.4, 0.5) is 0 Å². The van der Waals surface area contributed by atoms with Crippen molar-refractivity contribution in [1.29, 1.82) is 0 Å². The van der Waals surface area contributed by atoms with Crippen molar-refractivity contribution in [2.45, 2.75) is 5.01 Å². The van der Waals surface area contributed by atoms with Crippen LogP contribution in [0.15, 0.2) is 12.2 Å². The number of hydrogen-bond acceptors (Lipinski definition) is 2. The summed E-state index contributed by atoms with van der Waals surface area (Å²) in [6.45, 7) is 0. The number of halogens is 1. The molecule has 1 rings (SSSR count). The van der Waals surface area contributed by atoms with Crippen LogP contribution < -0.4 is 0 Å². The molecule has 0 amide bonds. The van der Waals surface area contributed by atoms with Crippen molar-refractivity contribution in [2.75, 3.05) is 0 Å². The van der Waals surface area contributed by atoms with Crippen molar-refractivity contribution >= 4 is 21.9 Å². The maximum Gasteiger partial charge on any atom is 0.332 e. The Bertz CT molecular complexity index is 119. The highest BCUT2D eigenvalue weighted by molar-refractivity contribution is 9.09. The summed E-state index contributed by atoms with van der Waals surface area (Å²) >= 11 is 3.05. The summed E-state index contributed by atoms with van der Waals surface area (Å²) in [5.74, 6) is -0.276. The summed E-state index contributed by atoms with van der Waals surface area (Å²) in [5, 5.41) is -0.194.